The topological polar surface area (TPSA) is 94.0 Å². The van der Waals surface area contributed by atoms with Crippen LogP contribution in [0.5, 0.6) is 0 Å². The molecule has 2 aromatic rings. The van der Waals surface area contributed by atoms with Gasteiger partial charge in [0.25, 0.3) is 11.8 Å². The summed E-state index contributed by atoms with van der Waals surface area (Å²) in [5.74, 6) is -4.97. The number of aromatic nitrogens is 1. The smallest absolute Gasteiger partial charge is 0.263 e. The minimum atomic E-state index is -3.33. The molecule has 0 radical (unpaired) electrons. The van der Waals surface area contributed by atoms with Crippen molar-refractivity contribution in [3.8, 4) is 0 Å². The van der Waals surface area contributed by atoms with E-state index in [1.165, 1.54) is 6.07 Å². The summed E-state index contributed by atoms with van der Waals surface area (Å²) in [5, 5.41) is 20.9. The highest BCUT2D eigenvalue weighted by atomic mass is 35.5. The van der Waals surface area contributed by atoms with Gasteiger partial charge in [0.2, 0.25) is 0 Å². The highest BCUT2D eigenvalue weighted by Crippen LogP contribution is 2.42. The van der Waals surface area contributed by atoms with Gasteiger partial charge in [0, 0.05) is 22.8 Å². The summed E-state index contributed by atoms with van der Waals surface area (Å²) in [6.07, 6.45) is -0.272. The Morgan fingerprint density at radius 3 is 2.62 bits per heavy atom. The molecule has 2 heterocycles. The van der Waals surface area contributed by atoms with Gasteiger partial charge in [-0.15, -0.1) is 0 Å². The van der Waals surface area contributed by atoms with Crippen molar-refractivity contribution >= 4 is 34.9 Å². The van der Waals surface area contributed by atoms with Crippen LogP contribution in [0.4, 0.5) is 20.3 Å². The number of aliphatic hydroxyl groups is 2. The lowest BCUT2D eigenvalue weighted by Crippen LogP contribution is -2.51. The molecule has 2 aliphatic rings. The molecule has 2 amide bonds. The second-order valence-corrected chi connectivity index (χ2v) is 8.69. The Morgan fingerprint density at radius 2 is 2.00 bits per heavy atom. The number of nitrogens with zero attached hydrogens (tertiary/aromatic N) is 3. The number of hydrogen-bond donors (Lipinski definition) is 2. The number of halogens is 3. The van der Waals surface area contributed by atoms with E-state index >= 15 is 0 Å². The Kier molecular flexibility index (Phi) is 4.58. The molecule has 1 aromatic heterocycles. The van der Waals surface area contributed by atoms with Crippen molar-refractivity contribution in [2.75, 3.05) is 16.8 Å². The maximum Gasteiger partial charge on any atom is 0.263 e. The van der Waals surface area contributed by atoms with Crippen molar-refractivity contribution in [1.82, 2.24) is 4.98 Å². The second-order valence-electron chi connectivity index (χ2n) is 8.28. The number of rotatable bonds is 4. The number of anilines is 2. The summed E-state index contributed by atoms with van der Waals surface area (Å²) in [5.41, 5.74) is -2.04. The van der Waals surface area contributed by atoms with Crippen LogP contribution in [-0.4, -0.2) is 51.7 Å². The van der Waals surface area contributed by atoms with Crippen LogP contribution < -0.4 is 9.80 Å². The van der Waals surface area contributed by atoms with E-state index in [0.29, 0.717) is 17.8 Å². The van der Waals surface area contributed by atoms with Crippen LogP contribution in [0.25, 0.3) is 0 Å². The number of amides is 2. The lowest BCUT2D eigenvalue weighted by molar-refractivity contribution is -0.138. The number of carbonyl (C=O) groups excluding carboxylic acids is 2. The first kappa shape index (κ1) is 18.9. The second kappa shape index (κ2) is 7.75. The van der Waals surface area contributed by atoms with Gasteiger partial charge in [-0.3, -0.25) is 14.5 Å². The largest absolute Gasteiger partial charge is 0.387 e. The molecule has 3 atom stereocenters. The van der Waals surface area contributed by atoms with Crippen molar-refractivity contribution in [1.29, 1.82) is 0 Å². The van der Waals surface area contributed by atoms with E-state index in [1.807, 2.05) is 0 Å². The summed E-state index contributed by atoms with van der Waals surface area (Å²) in [7, 11) is 0. The van der Waals surface area contributed by atoms with E-state index in [0.717, 1.165) is 30.2 Å². The zero-order chi connectivity index (χ0) is 26.0. The SMILES string of the molecule is [2H]C([2H])([2H])N(C(=O)[C@@H]1[C@H](O)[C@](C)(O)C(=O)N1c1cc(C2CC2)cc(C)n1)c1cc(Cl)c(F)cc1F. The van der Waals surface area contributed by atoms with Crippen LogP contribution in [0.15, 0.2) is 24.3 Å². The van der Waals surface area contributed by atoms with Crippen LogP contribution >= 0.6 is 11.6 Å². The van der Waals surface area contributed by atoms with Gasteiger partial charge in [0.15, 0.2) is 5.60 Å². The predicted molar refractivity (Wildman–Crippen MR) is 114 cm³/mol. The van der Waals surface area contributed by atoms with E-state index in [4.69, 9.17) is 15.7 Å². The summed E-state index contributed by atoms with van der Waals surface area (Å²) in [6, 6.07) is 2.29. The molecule has 0 bridgehead atoms. The molecule has 1 aliphatic carbocycles. The Hall–Kier alpha value is -2.62. The van der Waals surface area contributed by atoms with Gasteiger partial charge in [-0.05, 0) is 56.4 Å². The Labute approximate surface area is 192 Å². The lowest BCUT2D eigenvalue weighted by atomic mass is 9.97. The van der Waals surface area contributed by atoms with Crippen LogP contribution in [0, 0.1) is 18.6 Å². The standard InChI is InChI=1S/C22H22ClF2N3O4/c1-10-6-12(11-4-5-11)7-17(26-10)28-18(19(29)22(2,32)21(28)31)20(30)27(3)16-8-13(23)14(24)9-15(16)25/h6-9,11,18-19,29,32H,4-5H2,1-3H3/t18-,19-,22-/m0/s1/i3D3. The third kappa shape index (κ3) is 3.64. The van der Waals surface area contributed by atoms with Gasteiger partial charge in [0.05, 0.1) is 10.7 Å². The van der Waals surface area contributed by atoms with Crippen molar-refractivity contribution in [3.63, 3.8) is 0 Å². The summed E-state index contributed by atoms with van der Waals surface area (Å²) >= 11 is 5.71. The average Bonchev–Trinajstić information content (AvgIpc) is 3.56. The van der Waals surface area contributed by atoms with Crippen molar-refractivity contribution < 1.29 is 32.7 Å². The van der Waals surface area contributed by atoms with Crippen LogP contribution in [0.1, 0.15) is 41.1 Å². The number of likely N-dealkylation sites (N-methyl/N-ethyl adjacent to an activating group) is 1. The van der Waals surface area contributed by atoms with E-state index in [9.17, 15) is 28.6 Å². The predicted octanol–water partition coefficient (Wildman–Crippen LogP) is 2.69. The molecule has 2 fully saturated rings. The lowest BCUT2D eigenvalue weighted by Gasteiger charge is -2.29. The number of hydrogen-bond acceptors (Lipinski definition) is 5. The fourth-order valence-electron chi connectivity index (χ4n) is 3.82. The molecular formula is C22H22ClF2N3O4. The van der Waals surface area contributed by atoms with E-state index in [-0.39, 0.29) is 16.6 Å². The van der Waals surface area contributed by atoms with E-state index < -0.39 is 58.9 Å². The Morgan fingerprint density at radius 1 is 1.31 bits per heavy atom. The van der Waals surface area contributed by atoms with Crippen molar-refractivity contribution in [2.45, 2.75) is 50.4 Å². The number of pyridine rings is 1. The maximum atomic E-state index is 14.7. The van der Waals surface area contributed by atoms with Gasteiger partial charge in [0.1, 0.15) is 29.6 Å². The third-order valence-electron chi connectivity index (χ3n) is 5.77. The fraction of sp³-hybridized carbons (Fsp3) is 0.409. The van der Waals surface area contributed by atoms with Gasteiger partial charge in [-0.1, -0.05) is 11.6 Å². The normalized spacial score (nSPS) is 27.2. The van der Waals surface area contributed by atoms with E-state index in [1.54, 1.807) is 13.0 Å². The number of carbonyl (C=O) groups is 2. The molecular weight excluding hydrogens is 444 g/mol. The average molecular weight is 469 g/mol. The van der Waals surface area contributed by atoms with Gasteiger partial charge >= 0.3 is 0 Å². The molecule has 1 saturated heterocycles. The van der Waals surface area contributed by atoms with E-state index in [2.05, 4.69) is 4.98 Å². The monoisotopic (exact) mass is 468 g/mol. The first-order valence-electron chi connectivity index (χ1n) is 11.4. The summed E-state index contributed by atoms with van der Waals surface area (Å²) < 4.78 is 51.9. The third-order valence-corrected chi connectivity index (χ3v) is 6.06. The first-order valence-corrected chi connectivity index (χ1v) is 10.2. The highest BCUT2D eigenvalue weighted by molar-refractivity contribution is 6.31. The summed E-state index contributed by atoms with van der Waals surface area (Å²) in [6.45, 7) is -0.694. The van der Waals surface area contributed by atoms with Crippen molar-refractivity contribution in [3.05, 3.63) is 52.2 Å². The van der Waals surface area contributed by atoms with Gasteiger partial charge < -0.3 is 15.1 Å². The van der Waals surface area contributed by atoms with Crippen LogP contribution in [-0.2, 0) is 9.59 Å². The van der Waals surface area contributed by atoms with Crippen molar-refractivity contribution in [2.24, 2.45) is 0 Å². The van der Waals surface area contributed by atoms with Crippen LogP contribution in [0.3, 0.4) is 0 Å². The molecule has 10 heteroatoms. The fourth-order valence-corrected chi connectivity index (χ4v) is 3.98. The molecule has 0 spiro atoms. The van der Waals surface area contributed by atoms with Gasteiger partial charge in [-0.2, -0.15) is 0 Å². The number of aryl methyl sites for hydroxylation is 1. The molecule has 1 saturated carbocycles. The zero-order valence-electron chi connectivity index (χ0n) is 20.1. The Balaban J connectivity index is 1.86. The number of benzene rings is 1. The van der Waals surface area contributed by atoms with Gasteiger partial charge in [-0.25, -0.2) is 13.8 Å². The summed E-state index contributed by atoms with van der Waals surface area (Å²) in [4.78, 5) is 31.8. The maximum absolute atomic E-state index is 14.7. The molecule has 170 valence electrons. The Bertz CT molecular complexity index is 1220. The zero-order valence-corrected chi connectivity index (χ0v) is 17.9. The number of aliphatic hydroxyl groups excluding tert-OH is 1. The molecule has 7 nitrogen and oxygen atoms in total. The van der Waals surface area contributed by atoms with Crippen LogP contribution in [0.2, 0.25) is 5.02 Å². The molecule has 2 N–H and O–H groups in total. The minimum absolute atomic E-state index is 0.0147. The molecule has 1 aliphatic heterocycles. The molecule has 32 heavy (non-hydrogen) atoms. The molecule has 0 unspecified atom stereocenters. The highest BCUT2D eigenvalue weighted by Gasteiger charge is 2.59. The molecule has 1 aromatic carbocycles. The minimum Gasteiger partial charge on any atom is -0.387 e. The first-order chi connectivity index (χ1) is 16.1. The quantitative estimate of drug-likeness (QED) is 0.673. The molecule has 4 rings (SSSR count).